The number of aromatic nitrogens is 3. The third-order valence-electron chi connectivity index (χ3n) is 6.06. The number of hydrogen-bond acceptors (Lipinski definition) is 7. The lowest BCUT2D eigenvalue weighted by Crippen LogP contribution is -2.55. The summed E-state index contributed by atoms with van der Waals surface area (Å²) in [5, 5.41) is 4.91. The number of carbonyl (C=O) groups excluding carboxylic acids is 2. The maximum atomic E-state index is 12.5. The number of nitrogens with one attached hydrogen (secondary N) is 1. The van der Waals surface area contributed by atoms with Gasteiger partial charge in [0.15, 0.2) is 5.69 Å². The number of nitrogens with zero attached hydrogens (tertiary/aromatic N) is 3. The van der Waals surface area contributed by atoms with Crippen molar-refractivity contribution in [1.82, 2.24) is 20.3 Å². The van der Waals surface area contributed by atoms with Gasteiger partial charge in [0.05, 0.1) is 22.3 Å². The van der Waals surface area contributed by atoms with Crippen LogP contribution in [0, 0.1) is 5.41 Å². The van der Waals surface area contributed by atoms with Gasteiger partial charge in [-0.2, -0.15) is 0 Å². The summed E-state index contributed by atoms with van der Waals surface area (Å²) in [5.74, 6) is -0.393. The second kappa shape index (κ2) is 7.28. The zero-order valence-corrected chi connectivity index (χ0v) is 17.8. The fourth-order valence-electron chi connectivity index (χ4n) is 4.63. The fraction of sp³-hybridized carbons (Fsp3) is 0.381. The smallest absolute Gasteiger partial charge is 0.356 e. The Labute approximate surface area is 181 Å². The van der Waals surface area contributed by atoms with E-state index in [4.69, 9.17) is 16.6 Å². The maximum Gasteiger partial charge on any atom is 0.356 e. The van der Waals surface area contributed by atoms with Crippen molar-refractivity contribution in [2.45, 2.75) is 37.6 Å². The highest BCUT2D eigenvalue weighted by Gasteiger charge is 2.54. The van der Waals surface area contributed by atoms with Gasteiger partial charge < -0.3 is 10.1 Å². The van der Waals surface area contributed by atoms with E-state index in [9.17, 15) is 9.59 Å². The van der Waals surface area contributed by atoms with Crippen molar-refractivity contribution in [3.63, 3.8) is 0 Å². The monoisotopic (exact) mass is 442 g/mol. The van der Waals surface area contributed by atoms with E-state index in [2.05, 4.69) is 20.0 Å². The second-order valence-corrected chi connectivity index (χ2v) is 9.63. The number of esters is 1. The van der Waals surface area contributed by atoms with E-state index in [1.807, 2.05) is 18.2 Å². The number of hydrogen-bond donors (Lipinski definition) is 1. The van der Waals surface area contributed by atoms with Crippen LogP contribution in [0.1, 0.15) is 57.6 Å². The SMILES string of the molecule is COC(=O)c1cc(C(=O)NC2CC3(C2)CC(c2nc4cc(Cl)ccc4s2)C3)ncn1. The Bertz CT molecular complexity index is 1150. The van der Waals surface area contributed by atoms with Gasteiger partial charge in [0.2, 0.25) is 0 Å². The number of benzene rings is 1. The topological polar surface area (TPSA) is 94.1 Å². The van der Waals surface area contributed by atoms with Crippen LogP contribution in [0.3, 0.4) is 0 Å². The molecule has 30 heavy (non-hydrogen) atoms. The van der Waals surface area contributed by atoms with E-state index < -0.39 is 5.97 Å². The van der Waals surface area contributed by atoms with Gasteiger partial charge in [-0.25, -0.2) is 19.7 Å². The zero-order valence-electron chi connectivity index (χ0n) is 16.2. The largest absolute Gasteiger partial charge is 0.464 e. The Hall–Kier alpha value is -2.58. The zero-order chi connectivity index (χ0) is 20.9. The highest BCUT2D eigenvalue weighted by Crippen LogP contribution is 2.62. The van der Waals surface area contributed by atoms with Gasteiger partial charge in [-0.1, -0.05) is 11.6 Å². The molecule has 5 rings (SSSR count). The molecule has 154 valence electrons. The summed E-state index contributed by atoms with van der Waals surface area (Å²) >= 11 is 7.81. The molecule has 0 bridgehead atoms. The van der Waals surface area contributed by atoms with Gasteiger partial charge in [-0.05, 0) is 49.3 Å². The molecule has 0 radical (unpaired) electrons. The highest BCUT2D eigenvalue weighted by atomic mass is 35.5. The van der Waals surface area contributed by atoms with Crippen LogP contribution in [-0.4, -0.2) is 40.0 Å². The quantitative estimate of drug-likeness (QED) is 0.614. The first-order valence-corrected chi connectivity index (χ1v) is 10.9. The summed E-state index contributed by atoms with van der Waals surface area (Å²) in [7, 11) is 1.27. The number of thiazole rings is 1. The van der Waals surface area contributed by atoms with Crippen molar-refractivity contribution >= 4 is 45.0 Å². The average Bonchev–Trinajstić information content (AvgIpc) is 3.10. The van der Waals surface area contributed by atoms with Gasteiger partial charge in [0.1, 0.15) is 12.0 Å². The van der Waals surface area contributed by atoms with Crippen molar-refractivity contribution < 1.29 is 14.3 Å². The minimum atomic E-state index is -0.591. The number of rotatable bonds is 4. The molecule has 2 fully saturated rings. The Morgan fingerprint density at radius 2 is 1.93 bits per heavy atom. The van der Waals surface area contributed by atoms with Crippen LogP contribution >= 0.6 is 22.9 Å². The fourth-order valence-corrected chi connectivity index (χ4v) is 5.85. The number of methoxy groups -OCH3 is 1. The molecule has 1 aromatic carbocycles. The molecule has 1 N–H and O–H groups in total. The number of halogens is 1. The summed E-state index contributed by atoms with van der Waals surface area (Å²) in [5.41, 5.74) is 1.52. The minimum Gasteiger partial charge on any atom is -0.464 e. The van der Waals surface area contributed by atoms with Gasteiger partial charge >= 0.3 is 5.97 Å². The molecule has 2 heterocycles. The van der Waals surface area contributed by atoms with E-state index in [0.717, 1.165) is 31.2 Å². The molecule has 1 spiro atoms. The van der Waals surface area contributed by atoms with Crippen LogP contribution in [0.15, 0.2) is 30.6 Å². The van der Waals surface area contributed by atoms with Crippen LogP contribution < -0.4 is 5.32 Å². The molecular weight excluding hydrogens is 424 g/mol. The van der Waals surface area contributed by atoms with Crippen molar-refractivity contribution in [2.24, 2.45) is 5.41 Å². The Kier molecular flexibility index (Phi) is 4.71. The first-order valence-electron chi connectivity index (χ1n) is 9.72. The lowest BCUT2D eigenvalue weighted by atomic mass is 9.50. The third-order valence-corrected chi connectivity index (χ3v) is 7.50. The predicted octanol–water partition coefficient (Wildman–Crippen LogP) is 3.98. The minimum absolute atomic E-state index is 0.0710. The van der Waals surface area contributed by atoms with Gasteiger partial charge in [-0.15, -0.1) is 11.3 Å². The molecule has 0 aliphatic heterocycles. The Balaban J connectivity index is 1.16. The molecule has 0 atom stereocenters. The molecule has 9 heteroatoms. The van der Waals surface area contributed by atoms with Crippen LogP contribution in [-0.2, 0) is 4.74 Å². The molecule has 2 saturated carbocycles. The number of ether oxygens (including phenoxy) is 1. The lowest BCUT2D eigenvalue weighted by molar-refractivity contribution is -0.0188. The van der Waals surface area contributed by atoms with E-state index >= 15 is 0 Å². The van der Waals surface area contributed by atoms with Crippen molar-refractivity contribution in [2.75, 3.05) is 7.11 Å². The molecule has 3 aromatic rings. The van der Waals surface area contributed by atoms with Gasteiger partial charge in [0, 0.05) is 23.0 Å². The molecule has 2 aliphatic rings. The Morgan fingerprint density at radius 3 is 2.70 bits per heavy atom. The summed E-state index contributed by atoms with van der Waals surface area (Å²) in [6.45, 7) is 0. The molecule has 7 nitrogen and oxygen atoms in total. The highest BCUT2D eigenvalue weighted by molar-refractivity contribution is 7.18. The van der Waals surface area contributed by atoms with Gasteiger partial charge in [-0.3, -0.25) is 4.79 Å². The number of fused-ring (bicyclic) bond motifs is 1. The second-order valence-electron chi connectivity index (χ2n) is 8.13. The maximum absolute atomic E-state index is 12.5. The van der Waals surface area contributed by atoms with Gasteiger partial charge in [0.25, 0.3) is 5.91 Å². The standard InChI is InChI=1S/C21H19ClN4O3S/c1-29-20(28)16-5-15(23-10-24-16)18(27)25-13-8-21(9-13)6-11(7-21)19-26-14-4-12(22)2-3-17(14)30-19/h2-5,10-11,13H,6-9H2,1H3,(H,25,27). The Morgan fingerprint density at radius 1 is 1.17 bits per heavy atom. The molecule has 2 aliphatic carbocycles. The normalized spacial score (nSPS) is 24.9. The van der Waals surface area contributed by atoms with Crippen molar-refractivity contribution in [3.05, 3.63) is 52.0 Å². The predicted molar refractivity (Wildman–Crippen MR) is 113 cm³/mol. The third kappa shape index (κ3) is 3.44. The molecule has 0 saturated heterocycles. The average molecular weight is 443 g/mol. The summed E-state index contributed by atoms with van der Waals surface area (Å²) < 4.78 is 5.81. The molecule has 0 unspecified atom stereocenters. The van der Waals surface area contributed by atoms with Crippen LogP contribution in [0.5, 0.6) is 0 Å². The van der Waals surface area contributed by atoms with Crippen LogP contribution in [0.25, 0.3) is 10.2 Å². The molecule has 1 amide bonds. The summed E-state index contributed by atoms with van der Waals surface area (Å²) in [6.07, 6.45) is 5.33. The number of carbonyl (C=O) groups is 2. The first-order chi connectivity index (χ1) is 14.4. The summed E-state index contributed by atoms with van der Waals surface area (Å²) in [6, 6.07) is 7.33. The van der Waals surface area contributed by atoms with Crippen molar-refractivity contribution in [1.29, 1.82) is 0 Å². The van der Waals surface area contributed by atoms with E-state index in [1.54, 1.807) is 11.3 Å². The molecule has 2 aromatic heterocycles. The lowest BCUT2D eigenvalue weighted by Gasteiger charge is -2.57. The van der Waals surface area contributed by atoms with E-state index in [-0.39, 0.29) is 23.3 Å². The molecular formula is C21H19ClN4O3S. The first kappa shape index (κ1) is 19.4. The number of amides is 1. The van der Waals surface area contributed by atoms with Crippen LogP contribution in [0.4, 0.5) is 0 Å². The van der Waals surface area contributed by atoms with Crippen molar-refractivity contribution in [3.8, 4) is 0 Å². The van der Waals surface area contributed by atoms with E-state index in [1.165, 1.54) is 29.2 Å². The van der Waals surface area contributed by atoms with E-state index in [0.29, 0.717) is 16.4 Å². The summed E-state index contributed by atoms with van der Waals surface area (Å²) in [4.78, 5) is 36.6. The van der Waals surface area contributed by atoms with Crippen LogP contribution in [0.2, 0.25) is 5.02 Å².